The molecule has 1 aliphatic heterocycles. The molecule has 1 aromatic carbocycles. The van der Waals surface area contributed by atoms with Crippen LogP contribution in [0.2, 0.25) is 0 Å². The average molecular weight is 216 g/mol. The van der Waals surface area contributed by atoms with Crippen LogP contribution in [-0.2, 0) is 16.0 Å². The van der Waals surface area contributed by atoms with Gasteiger partial charge in [-0.3, -0.25) is 4.79 Å². The highest BCUT2D eigenvalue weighted by molar-refractivity contribution is 5.80. The number of fused-ring (bicyclic) bond motifs is 1. The first-order valence-corrected chi connectivity index (χ1v) is 5.63. The molecule has 2 heteroatoms. The van der Waals surface area contributed by atoms with Crippen molar-refractivity contribution in [1.82, 2.24) is 0 Å². The molecule has 1 heterocycles. The summed E-state index contributed by atoms with van der Waals surface area (Å²) in [5, 5.41) is 0. The number of benzene rings is 1. The van der Waals surface area contributed by atoms with Crippen LogP contribution >= 0.6 is 0 Å². The van der Waals surface area contributed by atoms with Crippen LogP contribution in [-0.4, -0.2) is 12.4 Å². The lowest BCUT2D eigenvalue weighted by Gasteiger charge is -2.25. The minimum Gasteiger partial charge on any atom is -0.373 e. The molecule has 0 fully saturated rings. The second kappa shape index (κ2) is 5.08. The molecule has 1 aliphatic rings. The lowest BCUT2D eigenvalue weighted by molar-refractivity contribution is -0.121. The third-order valence-corrected chi connectivity index (χ3v) is 2.88. The second-order valence-electron chi connectivity index (χ2n) is 4.04. The maximum absolute atomic E-state index is 11.6. The van der Waals surface area contributed by atoms with Gasteiger partial charge in [-0.25, -0.2) is 0 Å². The number of ether oxygens (including phenoxy) is 1. The summed E-state index contributed by atoms with van der Waals surface area (Å²) in [6, 6.07) is 8.20. The molecule has 2 rings (SSSR count). The first-order valence-electron chi connectivity index (χ1n) is 5.63. The van der Waals surface area contributed by atoms with E-state index in [2.05, 4.69) is 18.7 Å². The van der Waals surface area contributed by atoms with Crippen molar-refractivity contribution in [3.8, 4) is 0 Å². The van der Waals surface area contributed by atoms with Crippen LogP contribution in [0.5, 0.6) is 0 Å². The molecule has 0 N–H and O–H groups in total. The van der Waals surface area contributed by atoms with Gasteiger partial charge in [-0.05, 0) is 17.5 Å². The van der Waals surface area contributed by atoms with E-state index >= 15 is 0 Å². The Bertz CT molecular complexity index is 395. The van der Waals surface area contributed by atoms with Crippen molar-refractivity contribution in [3.05, 3.63) is 48.0 Å². The number of allylic oxidation sites excluding steroid dienone is 1. The van der Waals surface area contributed by atoms with Crippen LogP contribution in [0, 0.1) is 0 Å². The van der Waals surface area contributed by atoms with Crippen LogP contribution in [0.4, 0.5) is 0 Å². The number of hydrogen-bond donors (Lipinski definition) is 0. The predicted molar refractivity (Wildman–Crippen MR) is 63.3 cm³/mol. The Morgan fingerprint density at radius 1 is 1.50 bits per heavy atom. The van der Waals surface area contributed by atoms with Gasteiger partial charge in [-0.15, -0.1) is 6.58 Å². The molecule has 0 aromatic heterocycles. The molecule has 2 nitrogen and oxygen atoms in total. The molecule has 0 aliphatic carbocycles. The number of ketones is 1. The highest BCUT2D eigenvalue weighted by atomic mass is 16.5. The largest absolute Gasteiger partial charge is 0.373 e. The Labute approximate surface area is 95.9 Å². The van der Waals surface area contributed by atoms with Crippen molar-refractivity contribution < 1.29 is 9.53 Å². The van der Waals surface area contributed by atoms with Crippen LogP contribution in [0.1, 0.15) is 30.1 Å². The molecule has 0 spiro atoms. The van der Waals surface area contributed by atoms with Crippen molar-refractivity contribution in [3.63, 3.8) is 0 Å². The van der Waals surface area contributed by atoms with Gasteiger partial charge < -0.3 is 4.74 Å². The van der Waals surface area contributed by atoms with Crippen molar-refractivity contribution in [2.24, 2.45) is 0 Å². The molecule has 0 amide bonds. The first kappa shape index (κ1) is 11.1. The first-order chi connectivity index (χ1) is 7.81. The zero-order valence-corrected chi connectivity index (χ0v) is 9.32. The summed E-state index contributed by atoms with van der Waals surface area (Å²) in [5.41, 5.74) is 2.48. The number of carbonyl (C=O) groups is 1. The Hall–Kier alpha value is -1.41. The highest BCUT2D eigenvalue weighted by Gasteiger charge is 2.22. The van der Waals surface area contributed by atoms with Gasteiger partial charge in [0.1, 0.15) is 5.78 Å². The van der Waals surface area contributed by atoms with E-state index in [1.165, 1.54) is 11.1 Å². The summed E-state index contributed by atoms with van der Waals surface area (Å²) >= 11 is 0. The van der Waals surface area contributed by atoms with Crippen LogP contribution in [0.15, 0.2) is 36.9 Å². The SMILES string of the molecule is C=CCC(=O)CC1OCCc2ccccc21. The predicted octanol–water partition coefficient (Wildman–Crippen LogP) is 2.84. The van der Waals surface area contributed by atoms with E-state index in [0.717, 1.165) is 6.42 Å². The summed E-state index contributed by atoms with van der Waals surface area (Å²) in [6.07, 6.45) is 3.43. The van der Waals surface area contributed by atoms with Crippen LogP contribution in [0.25, 0.3) is 0 Å². The fourth-order valence-electron chi connectivity index (χ4n) is 2.10. The van der Waals surface area contributed by atoms with Crippen molar-refractivity contribution >= 4 is 5.78 Å². The van der Waals surface area contributed by atoms with Crippen LogP contribution in [0.3, 0.4) is 0 Å². The van der Waals surface area contributed by atoms with Crippen molar-refractivity contribution in [1.29, 1.82) is 0 Å². The van der Waals surface area contributed by atoms with Gasteiger partial charge >= 0.3 is 0 Å². The molecule has 84 valence electrons. The van der Waals surface area contributed by atoms with Crippen molar-refractivity contribution in [2.45, 2.75) is 25.4 Å². The van der Waals surface area contributed by atoms with Gasteiger partial charge in [-0.1, -0.05) is 30.3 Å². The molecule has 1 atom stereocenters. The summed E-state index contributed by atoms with van der Waals surface area (Å²) in [7, 11) is 0. The molecule has 16 heavy (non-hydrogen) atoms. The normalized spacial score (nSPS) is 18.9. The molecule has 1 unspecified atom stereocenters. The van der Waals surface area contributed by atoms with Gasteiger partial charge in [0, 0.05) is 12.8 Å². The zero-order chi connectivity index (χ0) is 11.4. The maximum atomic E-state index is 11.6. The standard InChI is InChI=1S/C14H16O2/c1-2-5-12(15)10-14-13-7-4-3-6-11(13)8-9-16-14/h2-4,6-7,14H,1,5,8-10H2. The van der Waals surface area contributed by atoms with Crippen molar-refractivity contribution in [2.75, 3.05) is 6.61 Å². The van der Waals surface area contributed by atoms with E-state index in [1.807, 2.05) is 12.1 Å². The van der Waals surface area contributed by atoms with Gasteiger partial charge in [0.15, 0.2) is 0 Å². The van der Waals surface area contributed by atoms with Gasteiger partial charge in [-0.2, -0.15) is 0 Å². The third kappa shape index (κ3) is 2.39. The lowest BCUT2D eigenvalue weighted by Crippen LogP contribution is -2.18. The second-order valence-corrected chi connectivity index (χ2v) is 4.04. The zero-order valence-electron chi connectivity index (χ0n) is 9.32. The maximum Gasteiger partial charge on any atom is 0.139 e. The summed E-state index contributed by atoms with van der Waals surface area (Å²) in [5.74, 6) is 0.191. The van der Waals surface area contributed by atoms with Gasteiger partial charge in [0.05, 0.1) is 12.7 Å². The number of rotatable bonds is 4. The summed E-state index contributed by atoms with van der Waals surface area (Å²) < 4.78 is 5.67. The van der Waals surface area contributed by atoms with Crippen LogP contribution < -0.4 is 0 Å². The minimum atomic E-state index is -0.0580. The van der Waals surface area contributed by atoms with E-state index in [-0.39, 0.29) is 11.9 Å². The molecular formula is C14H16O2. The van der Waals surface area contributed by atoms with E-state index in [1.54, 1.807) is 6.08 Å². The van der Waals surface area contributed by atoms with E-state index in [9.17, 15) is 4.79 Å². The van der Waals surface area contributed by atoms with Gasteiger partial charge in [0.25, 0.3) is 0 Å². The topological polar surface area (TPSA) is 26.3 Å². The molecule has 0 radical (unpaired) electrons. The Morgan fingerprint density at radius 2 is 2.31 bits per heavy atom. The fraction of sp³-hybridized carbons (Fsp3) is 0.357. The lowest BCUT2D eigenvalue weighted by atomic mass is 9.94. The Kier molecular flexibility index (Phi) is 3.52. The molecule has 0 saturated carbocycles. The molecule has 0 bridgehead atoms. The van der Waals surface area contributed by atoms with Gasteiger partial charge in [0.2, 0.25) is 0 Å². The molecule has 1 aromatic rings. The fourth-order valence-corrected chi connectivity index (χ4v) is 2.10. The van der Waals surface area contributed by atoms with E-state index < -0.39 is 0 Å². The summed E-state index contributed by atoms with van der Waals surface area (Å²) in [6.45, 7) is 4.29. The summed E-state index contributed by atoms with van der Waals surface area (Å²) in [4.78, 5) is 11.6. The molecular weight excluding hydrogens is 200 g/mol. The quantitative estimate of drug-likeness (QED) is 0.723. The smallest absolute Gasteiger partial charge is 0.139 e. The number of hydrogen-bond acceptors (Lipinski definition) is 2. The van der Waals surface area contributed by atoms with E-state index in [0.29, 0.717) is 19.4 Å². The number of Topliss-reactive ketones (excluding diaryl/α,β-unsaturated/α-hetero) is 1. The Morgan fingerprint density at radius 3 is 3.12 bits per heavy atom. The third-order valence-electron chi connectivity index (χ3n) is 2.88. The minimum absolute atomic E-state index is 0.0580. The Balaban J connectivity index is 2.12. The monoisotopic (exact) mass is 216 g/mol. The molecule has 0 saturated heterocycles. The number of carbonyl (C=O) groups excluding carboxylic acids is 1. The highest BCUT2D eigenvalue weighted by Crippen LogP contribution is 2.29. The van der Waals surface area contributed by atoms with E-state index in [4.69, 9.17) is 4.74 Å². The average Bonchev–Trinajstić information content (AvgIpc) is 2.30.